The number of methoxy groups -OCH3 is 1. The first-order valence-corrected chi connectivity index (χ1v) is 6.72. The molecule has 1 unspecified atom stereocenters. The lowest BCUT2D eigenvalue weighted by molar-refractivity contribution is 0.311. The molecule has 1 aromatic rings. The van der Waals surface area contributed by atoms with Crippen LogP contribution in [0.4, 0.5) is 0 Å². The summed E-state index contributed by atoms with van der Waals surface area (Å²) in [6.45, 7) is 7.59. The van der Waals surface area contributed by atoms with Crippen LogP contribution in [0, 0.1) is 0 Å². The maximum absolute atomic E-state index is 6.21. The van der Waals surface area contributed by atoms with E-state index in [9.17, 15) is 0 Å². The Kier molecular flexibility index (Phi) is 8.98. The van der Waals surface area contributed by atoms with Crippen LogP contribution in [0.15, 0.2) is 12.1 Å². The molecule has 1 rings (SSSR count). The standard InChI is InChI=1S/C14H22ClNO2.ClH/c1-5-10(3)16-9-11-7-12(15)14(18-6-2)13(8-11)17-4;/h7-8,10,16H,5-6,9H2,1-4H3;1H. The van der Waals surface area contributed by atoms with Gasteiger partial charge in [0, 0.05) is 12.6 Å². The number of halogens is 2. The molecular weight excluding hydrogens is 285 g/mol. The van der Waals surface area contributed by atoms with E-state index >= 15 is 0 Å². The normalized spacial score (nSPS) is 11.6. The maximum Gasteiger partial charge on any atom is 0.179 e. The second-order valence-corrected chi connectivity index (χ2v) is 4.64. The molecule has 0 aromatic heterocycles. The van der Waals surface area contributed by atoms with Gasteiger partial charge in [0.05, 0.1) is 18.7 Å². The fraction of sp³-hybridized carbons (Fsp3) is 0.571. The fourth-order valence-electron chi connectivity index (χ4n) is 1.60. The van der Waals surface area contributed by atoms with Crippen molar-refractivity contribution in [2.45, 2.75) is 39.8 Å². The summed E-state index contributed by atoms with van der Waals surface area (Å²) in [7, 11) is 1.63. The minimum atomic E-state index is 0. The molecule has 1 atom stereocenters. The predicted octanol–water partition coefficient (Wildman–Crippen LogP) is 4.06. The largest absolute Gasteiger partial charge is 0.493 e. The van der Waals surface area contributed by atoms with Crippen LogP contribution in [0.1, 0.15) is 32.8 Å². The molecule has 1 N–H and O–H groups in total. The van der Waals surface area contributed by atoms with Crippen LogP contribution in [-0.2, 0) is 6.54 Å². The van der Waals surface area contributed by atoms with Gasteiger partial charge < -0.3 is 14.8 Å². The predicted molar refractivity (Wildman–Crippen MR) is 83.0 cm³/mol. The molecule has 5 heteroatoms. The maximum atomic E-state index is 6.21. The van der Waals surface area contributed by atoms with Gasteiger partial charge in [0.15, 0.2) is 11.5 Å². The van der Waals surface area contributed by atoms with Gasteiger partial charge in [-0.15, -0.1) is 12.4 Å². The molecule has 0 spiro atoms. The van der Waals surface area contributed by atoms with Gasteiger partial charge in [-0.05, 0) is 38.0 Å². The lowest BCUT2D eigenvalue weighted by atomic mass is 10.1. The summed E-state index contributed by atoms with van der Waals surface area (Å²) < 4.78 is 10.8. The number of hydrogen-bond donors (Lipinski definition) is 1. The summed E-state index contributed by atoms with van der Waals surface area (Å²) in [4.78, 5) is 0. The second kappa shape index (κ2) is 9.29. The van der Waals surface area contributed by atoms with Crippen molar-refractivity contribution in [3.05, 3.63) is 22.7 Å². The van der Waals surface area contributed by atoms with Crippen LogP contribution in [0.5, 0.6) is 11.5 Å². The van der Waals surface area contributed by atoms with Crippen molar-refractivity contribution in [3.63, 3.8) is 0 Å². The van der Waals surface area contributed by atoms with E-state index in [2.05, 4.69) is 19.2 Å². The van der Waals surface area contributed by atoms with Crippen LogP contribution in [0.3, 0.4) is 0 Å². The molecule has 0 aliphatic rings. The minimum Gasteiger partial charge on any atom is -0.493 e. The van der Waals surface area contributed by atoms with Crippen LogP contribution in [0.25, 0.3) is 0 Å². The highest BCUT2D eigenvalue weighted by molar-refractivity contribution is 6.32. The van der Waals surface area contributed by atoms with Gasteiger partial charge in [0.25, 0.3) is 0 Å². The summed E-state index contributed by atoms with van der Waals surface area (Å²) in [6, 6.07) is 4.37. The molecular formula is C14H23Cl2NO2. The topological polar surface area (TPSA) is 30.5 Å². The van der Waals surface area contributed by atoms with Crippen molar-refractivity contribution in [1.29, 1.82) is 0 Å². The SMILES string of the molecule is CCOc1c(Cl)cc(CNC(C)CC)cc1OC.Cl. The summed E-state index contributed by atoms with van der Waals surface area (Å²) >= 11 is 6.21. The number of benzene rings is 1. The average molecular weight is 308 g/mol. The molecule has 19 heavy (non-hydrogen) atoms. The molecule has 110 valence electrons. The van der Waals surface area contributed by atoms with Crippen molar-refractivity contribution in [2.75, 3.05) is 13.7 Å². The van der Waals surface area contributed by atoms with E-state index in [0.717, 1.165) is 18.5 Å². The van der Waals surface area contributed by atoms with Crippen LogP contribution < -0.4 is 14.8 Å². The van der Waals surface area contributed by atoms with Gasteiger partial charge in [-0.25, -0.2) is 0 Å². The molecule has 0 fully saturated rings. The Bertz CT molecular complexity index is 386. The zero-order valence-corrected chi connectivity index (χ0v) is 13.5. The van der Waals surface area contributed by atoms with Gasteiger partial charge in [-0.3, -0.25) is 0 Å². The molecule has 0 bridgehead atoms. The first-order chi connectivity index (χ1) is 8.62. The molecule has 1 aromatic carbocycles. The summed E-state index contributed by atoms with van der Waals surface area (Å²) in [6.07, 6.45) is 1.10. The highest BCUT2D eigenvalue weighted by atomic mass is 35.5. The van der Waals surface area contributed by atoms with Crippen LogP contribution in [-0.4, -0.2) is 19.8 Å². The lowest BCUT2D eigenvalue weighted by Crippen LogP contribution is -2.24. The third-order valence-electron chi connectivity index (χ3n) is 2.84. The fourth-order valence-corrected chi connectivity index (χ4v) is 1.88. The van der Waals surface area contributed by atoms with Gasteiger partial charge in [0.1, 0.15) is 0 Å². The average Bonchev–Trinajstić information content (AvgIpc) is 2.38. The van der Waals surface area contributed by atoms with E-state index in [0.29, 0.717) is 29.2 Å². The first-order valence-electron chi connectivity index (χ1n) is 6.34. The van der Waals surface area contributed by atoms with E-state index in [1.165, 1.54) is 0 Å². The van der Waals surface area contributed by atoms with E-state index in [1.54, 1.807) is 7.11 Å². The molecule has 3 nitrogen and oxygen atoms in total. The highest BCUT2D eigenvalue weighted by Gasteiger charge is 2.11. The van der Waals surface area contributed by atoms with E-state index in [-0.39, 0.29) is 12.4 Å². The highest BCUT2D eigenvalue weighted by Crippen LogP contribution is 2.36. The number of nitrogens with one attached hydrogen (secondary N) is 1. The monoisotopic (exact) mass is 307 g/mol. The molecule has 0 heterocycles. The first kappa shape index (κ1) is 18.4. The number of rotatable bonds is 7. The number of ether oxygens (including phenoxy) is 2. The Labute approximate surface area is 127 Å². The molecule has 0 saturated heterocycles. The Morgan fingerprint density at radius 3 is 2.53 bits per heavy atom. The summed E-state index contributed by atoms with van der Waals surface area (Å²) in [5, 5.41) is 4.02. The Morgan fingerprint density at radius 1 is 1.32 bits per heavy atom. The number of hydrogen-bond acceptors (Lipinski definition) is 3. The van der Waals surface area contributed by atoms with Gasteiger partial charge >= 0.3 is 0 Å². The summed E-state index contributed by atoms with van der Waals surface area (Å²) in [5.41, 5.74) is 1.10. The van der Waals surface area contributed by atoms with Crippen molar-refractivity contribution in [3.8, 4) is 11.5 Å². The molecule has 0 saturated carbocycles. The Morgan fingerprint density at radius 2 is 2.00 bits per heavy atom. The third kappa shape index (κ3) is 5.47. The zero-order chi connectivity index (χ0) is 13.5. The zero-order valence-electron chi connectivity index (χ0n) is 12.0. The van der Waals surface area contributed by atoms with Crippen LogP contribution >= 0.6 is 24.0 Å². The van der Waals surface area contributed by atoms with E-state index in [4.69, 9.17) is 21.1 Å². The van der Waals surface area contributed by atoms with E-state index < -0.39 is 0 Å². The third-order valence-corrected chi connectivity index (χ3v) is 3.13. The van der Waals surface area contributed by atoms with Gasteiger partial charge in [0.2, 0.25) is 0 Å². The smallest absolute Gasteiger partial charge is 0.179 e. The molecule has 0 amide bonds. The van der Waals surface area contributed by atoms with Gasteiger partial charge in [-0.1, -0.05) is 18.5 Å². The molecule has 0 aliphatic heterocycles. The quantitative estimate of drug-likeness (QED) is 0.824. The van der Waals surface area contributed by atoms with Crippen molar-refractivity contribution in [2.24, 2.45) is 0 Å². The van der Waals surface area contributed by atoms with Crippen molar-refractivity contribution >= 4 is 24.0 Å². The Balaban J connectivity index is 0.00000324. The van der Waals surface area contributed by atoms with Crippen LogP contribution in [0.2, 0.25) is 5.02 Å². The van der Waals surface area contributed by atoms with Crippen molar-refractivity contribution in [1.82, 2.24) is 5.32 Å². The second-order valence-electron chi connectivity index (χ2n) is 4.23. The molecule has 0 radical (unpaired) electrons. The summed E-state index contributed by atoms with van der Waals surface area (Å²) in [5.74, 6) is 1.30. The molecule has 0 aliphatic carbocycles. The lowest BCUT2D eigenvalue weighted by Gasteiger charge is -2.15. The minimum absolute atomic E-state index is 0. The van der Waals surface area contributed by atoms with Gasteiger partial charge in [-0.2, -0.15) is 0 Å². The van der Waals surface area contributed by atoms with Crippen molar-refractivity contribution < 1.29 is 9.47 Å². The van der Waals surface area contributed by atoms with E-state index in [1.807, 2.05) is 19.1 Å². The Hall–Kier alpha value is -0.640.